The van der Waals surface area contributed by atoms with Gasteiger partial charge in [-0.3, -0.25) is 5.10 Å². The summed E-state index contributed by atoms with van der Waals surface area (Å²) in [6.45, 7) is 2.56. The monoisotopic (exact) mass is 263 g/mol. The predicted octanol–water partition coefficient (Wildman–Crippen LogP) is 1.65. The van der Waals surface area contributed by atoms with Crippen LogP contribution in [-0.4, -0.2) is 30.1 Å². The van der Waals surface area contributed by atoms with Crippen LogP contribution in [0.3, 0.4) is 0 Å². The second kappa shape index (κ2) is 4.26. The van der Waals surface area contributed by atoms with Crippen molar-refractivity contribution in [3.05, 3.63) is 29.1 Å². The van der Waals surface area contributed by atoms with Gasteiger partial charge in [-0.15, -0.1) is 0 Å². The summed E-state index contributed by atoms with van der Waals surface area (Å²) in [5.41, 5.74) is 3.36. The molecule has 0 aliphatic heterocycles. The highest BCUT2D eigenvalue weighted by atomic mass is 35.5. The first-order chi connectivity index (χ1) is 8.74. The molecular weight excluding hydrogens is 254 g/mol. The lowest BCUT2D eigenvalue weighted by atomic mass is 10.2. The van der Waals surface area contributed by atoms with Gasteiger partial charge in [0.15, 0.2) is 11.5 Å². The molecule has 3 aromatic heterocycles. The molecule has 0 radical (unpaired) electrons. The molecule has 0 saturated heterocycles. The molecule has 0 bridgehead atoms. The third kappa shape index (κ3) is 1.88. The zero-order valence-corrected chi connectivity index (χ0v) is 10.3. The van der Waals surface area contributed by atoms with Gasteiger partial charge < -0.3 is 10.3 Å². The lowest BCUT2D eigenvalue weighted by Gasteiger charge is -2.05. The van der Waals surface area contributed by atoms with E-state index in [2.05, 4.69) is 35.5 Å². The minimum Gasteiger partial charge on any atom is -0.364 e. The lowest BCUT2D eigenvalue weighted by molar-refractivity contribution is 1.04. The van der Waals surface area contributed by atoms with Gasteiger partial charge in [-0.25, -0.2) is 4.98 Å². The van der Waals surface area contributed by atoms with Gasteiger partial charge in [0.1, 0.15) is 5.52 Å². The predicted molar refractivity (Wildman–Crippen MR) is 67.3 cm³/mol. The standard InChI is InChI=1S/C10H10ClN7/c1-5-6(3-15-18-5)2-12-8-7-9(14-4-13-7)17-10(11)16-8/h3-4H,2H2,1H3,(H,15,18)(H2,12,13,14,16,17). The molecule has 0 aliphatic rings. The number of halogens is 1. The number of H-pyrrole nitrogens is 2. The van der Waals surface area contributed by atoms with E-state index in [0.717, 1.165) is 16.8 Å². The van der Waals surface area contributed by atoms with Crippen LogP contribution in [0.2, 0.25) is 5.28 Å². The van der Waals surface area contributed by atoms with Crippen molar-refractivity contribution in [1.29, 1.82) is 0 Å². The second-order valence-corrected chi connectivity index (χ2v) is 4.15. The normalized spacial score (nSPS) is 11.0. The Morgan fingerprint density at radius 3 is 3.06 bits per heavy atom. The van der Waals surface area contributed by atoms with Crippen molar-refractivity contribution in [2.45, 2.75) is 13.5 Å². The van der Waals surface area contributed by atoms with E-state index in [4.69, 9.17) is 11.6 Å². The van der Waals surface area contributed by atoms with Crippen LogP contribution >= 0.6 is 11.6 Å². The van der Waals surface area contributed by atoms with Crippen molar-refractivity contribution in [3.8, 4) is 0 Å². The molecule has 7 nitrogen and oxygen atoms in total. The average Bonchev–Trinajstić information content (AvgIpc) is 2.94. The molecular formula is C10H10ClN7. The van der Waals surface area contributed by atoms with E-state index in [9.17, 15) is 0 Å². The van der Waals surface area contributed by atoms with E-state index in [1.54, 1.807) is 12.5 Å². The van der Waals surface area contributed by atoms with E-state index in [1.165, 1.54) is 0 Å². The SMILES string of the molecule is Cc1[nH]ncc1CNc1nc(Cl)nc2nc[nH]c12. The largest absolute Gasteiger partial charge is 0.364 e. The van der Waals surface area contributed by atoms with Gasteiger partial charge in [-0.1, -0.05) is 0 Å². The number of hydrogen-bond donors (Lipinski definition) is 3. The summed E-state index contributed by atoms with van der Waals surface area (Å²) in [5.74, 6) is 0.628. The summed E-state index contributed by atoms with van der Waals surface area (Å²) in [7, 11) is 0. The number of imidazole rings is 1. The topological polar surface area (TPSA) is 95.2 Å². The maximum atomic E-state index is 5.84. The number of fused-ring (bicyclic) bond motifs is 1. The molecule has 0 spiro atoms. The summed E-state index contributed by atoms with van der Waals surface area (Å²) >= 11 is 5.84. The van der Waals surface area contributed by atoms with E-state index < -0.39 is 0 Å². The highest BCUT2D eigenvalue weighted by molar-refractivity contribution is 6.28. The van der Waals surface area contributed by atoms with Crippen LogP contribution in [-0.2, 0) is 6.54 Å². The number of nitrogens with one attached hydrogen (secondary N) is 3. The Kier molecular flexibility index (Phi) is 2.60. The van der Waals surface area contributed by atoms with Gasteiger partial charge in [-0.05, 0) is 18.5 Å². The molecule has 3 heterocycles. The minimum atomic E-state index is 0.168. The first kappa shape index (κ1) is 11.0. The molecule has 0 aromatic carbocycles. The minimum absolute atomic E-state index is 0.168. The third-order valence-electron chi connectivity index (χ3n) is 2.64. The number of hydrogen-bond acceptors (Lipinski definition) is 5. The second-order valence-electron chi connectivity index (χ2n) is 3.82. The van der Waals surface area contributed by atoms with Crippen molar-refractivity contribution < 1.29 is 0 Å². The fraction of sp³-hybridized carbons (Fsp3) is 0.200. The number of nitrogens with zero attached hydrogens (tertiary/aromatic N) is 4. The smallest absolute Gasteiger partial charge is 0.226 e. The molecule has 8 heteroatoms. The quantitative estimate of drug-likeness (QED) is 0.625. The zero-order chi connectivity index (χ0) is 12.5. The Labute approximate surface area is 107 Å². The van der Waals surface area contributed by atoms with E-state index in [1.807, 2.05) is 6.92 Å². The van der Waals surface area contributed by atoms with E-state index in [0.29, 0.717) is 18.0 Å². The van der Waals surface area contributed by atoms with Gasteiger partial charge in [0, 0.05) is 17.8 Å². The molecule has 3 rings (SSSR count). The summed E-state index contributed by atoms with van der Waals surface area (Å²) in [6, 6.07) is 0. The number of rotatable bonds is 3. The number of aromatic nitrogens is 6. The van der Waals surface area contributed by atoms with Crippen molar-refractivity contribution in [2.75, 3.05) is 5.32 Å². The van der Waals surface area contributed by atoms with Crippen LogP contribution in [0.25, 0.3) is 11.2 Å². The first-order valence-electron chi connectivity index (χ1n) is 5.33. The molecule has 0 atom stereocenters. The highest BCUT2D eigenvalue weighted by Gasteiger charge is 2.09. The molecule has 0 aliphatic carbocycles. The van der Waals surface area contributed by atoms with Crippen LogP contribution in [0.1, 0.15) is 11.3 Å². The Balaban J connectivity index is 1.90. The summed E-state index contributed by atoms with van der Waals surface area (Å²) in [6.07, 6.45) is 3.33. The molecule has 3 aromatic rings. The maximum absolute atomic E-state index is 5.84. The van der Waals surface area contributed by atoms with E-state index >= 15 is 0 Å². The van der Waals surface area contributed by atoms with Gasteiger partial charge >= 0.3 is 0 Å². The van der Waals surface area contributed by atoms with Crippen molar-refractivity contribution in [3.63, 3.8) is 0 Å². The van der Waals surface area contributed by atoms with Gasteiger partial charge in [0.05, 0.1) is 12.5 Å². The van der Waals surface area contributed by atoms with Crippen LogP contribution < -0.4 is 5.32 Å². The fourth-order valence-electron chi connectivity index (χ4n) is 1.67. The summed E-state index contributed by atoms with van der Waals surface area (Å²) in [5, 5.41) is 10.2. The average molecular weight is 264 g/mol. The maximum Gasteiger partial charge on any atom is 0.226 e. The van der Waals surface area contributed by atoms with Crippen LogP contribution in [0.5, 0.6) is 0 Å². The molecule has 0 fully saturated rings. The molecule has 0 unspecified atom stereocenters. The van der Waals surface area contributed by atoms with Crippen LogP contribution in [0.4, 0.5) is 5.82 Å². The van der Waals surface area contributed by atoms with Crippen molar-refractivity contribution in [1.82, 2.24) is 30.1 Å². The number of aromatic amines is 2. The Hall–Kier alpha value is -2.15. The van der Waals surface area contributed by atoms with Gasteiger partial charge in [0.2, 0.25) is 5.28 Å². The van der Waals surface area contributed by atoms with Crippen LogP contribution in [0.15, 0.2) is 12.5 Å². The van der Waals surface area contributed by atoms with Crippen molar-refractivity contribution >= 4 is 28.6 Å². The van der Waals surface area contributed by atoms with Gasteiger partial charge in [0.25, 0.3) is 0 Å². The molecule has 18 heavy (non-hydrogen) atoms. The zero-order valence-electron chi connectivity index (χ0n) is 9.53. The number of aryl methyl sites for hydroxylation is 1. The number of anilines is 1. The van der Waals surface area contributed by atoms with Crippen LogP contribution in [0, 0.1) is 6.92 Å². The third-order valence-corrected chi connectivity index (χ3v) is 2.81. The fourth-order valence-corrected chi connectivity index (χ4v) is 1.83. The summed E-state index contributed by atoms with van der Waals surface area (Å²) in [4.78, 5) is 15.2. The molecule has 0 saturated carbocycles. The molecule has 92 valence electrons. The Morgan fingerprint density at radius 2 is 2.28 bits per heavy atom. The Morgan fingerprint density at radius 1 is 1.39 bits per heavy atom. The molecule has 0 amide bonds. The molecule has 3 N–H and O–H groups in total. The highest BCUT2D eigenvalue weighted by Crippen LogP contribution is 2.19. The van der Waals surface area contributed by atoms with Crippen molar-refractivity contribution in [2.24, 2.45) is 0 Å². The Bertz CT molecular complexity index is 686. The van der Waals surface area contributed by atoms with Gasteiger partial charge in [-0.2, -0.15) is 15.1 Å². The lowest BCUT2D eigenvalue weighted by Crippen LogP contribution is -2.03. The first-order valence-corrected chi connectivity index (χ1v) is 5.71. The summed E-state index contributed by atoms with van der Waals surface area (Å²) < 4.78 is 0. The van der Waals surface area contributed by atoms with E-state index in [-0.39, 0.29) is 5.28 Å².